The number of hydrogen-bond donors (Lipinski definition) is 2. The van der Waals surface area contributed by atoms with E-state index in [2.05, 4.69) is 10.7 Å². The summed E-state index contributed by atoms with van der Waals surface area (Å²) in [6, 6.07) is 9.17. The first kappa shape index (κ1) is 20.5. The second kappa shape index (κ2) is 8.85. The minimum Gasteiger partial charge on any atom is -0.443 e. The Morgan fingerprint density at radius 2 is 2.14 bits per heavy atom. The third-order valence-corrected chi connectivity index (χ3v) is 5.44. The molecule has 154 valence electrons. The number of benzene rings is 1. The molecule has 9 heteroatoms. The first-order valence-electron chi connectivity index (χ1n) is 9.38. The molecule has 0 saturated carbocycles. The van der Waals surface area contributed by atoms with Crippen molar-refractivity contribution in [1.29, 1.82) is 0 Å². The molecule has 0 radical (unpaired) electrons. The van der Waals surface area contributed by atoms with Gasteiger partial charge in [-0.2, -0.15) is 0 Å². The number of halogens is 1. The number of amides is 2. The van der Waals surface area contributed by atoms with Crippen LogP contribution in [0.15, 0.2) is 30.3 Å². The van der Waals surface area contributed by atoms with Gasteiger partial charge in [0, 0.05) is 26.7 Å². The molecule has 3 rings (SSSR count). The van der Waals surface area contributed by atoms with Gasteiger partial charge in [-0.05, 0) is 12.5 Å². The molecule has 2 fully saturated rings. The van der Waals surface area contributed by atoms with Gasteiger partial charge in [0.05, 0.1) is 19.7 Å². The van der Waals surface area contributed by atoms with Crippen molar-refractivity contribution in [2.75, 3.05) is 46.4 Å². The number of alkyl halides is 1. The van der Waals surface area contributed by atoms with Crippen molar-refractivity contribution in [3.63, 3.8) is 0 Å². The molecule has 8 nitrogen and oxygen atoms in total. The Morgan fingerprint density at radius 3 is 2.75 bits per heavy atom. The number of carbonyl (C=O) groups excluding carboxylic acids is 2. The molecule has 2 aliphatic rings. The van der Waals surface area contributed by atoms with Crippen molar-refractivity contribution < 1.29 is 23.5 Å². The number of nitrogens with one attached hydrogen (secondary N) is 2. The average Bonchev–Trinajstić information content (AvgIpc) is 3.14. The maximum absolute atomic E-state index is 14.4. The van der Waals surface area contributed by atoms with Gasteiger partial charge in [0.25, 0.3) is 0 Å². The number of cyclic esters (lactones) is 1. The Kier molecular flexibility index (Phi) is 6.48. The summed E-state index contributed by atoms with van der Waals surface area (Å²) in [6.07, 6.45) is -2.40. The first-order valence-corrected chi connectivity index (χ1v) is 9.38. The van der Waals surface area contributed by atoms with E-state index in [1.807, 2.05) is 30.3 Å². The molecule has 28 heavy (non-hydrogen) atoms. The van der Waals surface area contributed by atoms with Gasteiger partial charge in [-0.1, -0.05) is 30.3 Å². The molecule has 2 heterocycles. The number of ether oxygens (including phenoxy) is 2. The molecule has 0 aromatic heterocycles. The monoisotopic (exact) mass is 394 g/mol. The second-order valence-electron chi connectivity index (χ2n) is 7.19. The van der Waals surface area contributed by atoms with Crippen molar-refractivity contribution >= 4 is 12.0 Å². The molecular formula is C19H27FN4O4. The highest BCUT2D eigenvalue weighted by atomic mass is 19.1. The normalized spacial score (nSPS) is 25.6. The van der Waals surface area contributed by atoms with Crippen LogP contribution in [0.25, 0.3) is 0 Å². The highest BCUT2D eigenvalue weighted by Gasteiger charge is 2.48. The highest BCUT2D eigenvalue weighted by molar-refractivity contribution is 5.89. The lowest BCUT2D eigenvalue weighted by molar-refractivity contribution is -0.137. The number of rotatable bonds is 7. The lowest BCUT2D eigenvalue weighted by Gasteiger charge is -2.40. The SMILES string of the molecule is COCCN1CCN(NC(=O)C(C)(c2ccccc2)C2CNC(=O)O2)CC1F. The molecule has 3 unspecified atom stereocenters. The van der Waals surface area contributed by atoms with Crippen LogP contribution in [0.5, 0.6) is 0 Å². The molecule has 1 aromatic rings. The topological polar surface area (TPSA) is 83.1 Å². The lowest BCUT2D eigenvalue weighted by Crippen LogP contribution is -2.61. The van der Waals surface area contributed by atoms with Gasteiger partial charge in [-0.15, -0.1) is 0 Å². The number of hydrogen-bond acceptors (Lipinski definition) is 6. The van der Waals surface area contributed by atoms with E-state index in [-0.39, 0.29) is 19.0 Å². The third kappa shape index (κ3) is 4.26. The lowest BCUT2D eigenvalue weighted by atomic mass is 9.76. The highest BCUT2D eigenvalue weighted by Crippen LogP contribution is 2.32. The maximum atomic E-state index is 14.4. The Hall–Kier alpha value is -2.23. The van der Waals surface area contributed by atoms with Gasteiger partial charge in [0.2, 0.25) is 5.91 Å². The minimum atomic E-state index is -1.20. The van der Waals surface area contributed by atoms with Crippen LogP contribution >= 0.6 is 0 Å². The molecule has 3 atom stereocenters. The number of hydrazine groups is 1. The van der Waals surface area contributed by atoms with E-state index in [0.717, 1.165) is 5.56 Å². The fourth-order valence-corrected chi connectivity index (χ4v) is 3.56. The third-order valence-electron chi connectivity index (χ3n) is 5.44. The Bertz CT molecular complexity index is 692. The zero-order valence-corrected chi connectivity index (χ0v) is 16.2. The summed E-state index contributed by atoms with van der Waals surface area (Å²) in [6.45, 7) is 3.96. The number of methoxy groups -OCH3 is 1. The zero-order chi connectivity index (χ0) is 20.1. The van der Waals surface area contributed by atoms with Crippen molar-refractivity contribution in [3.05, 3.63) is 35.9 Å². The zero-order valence-electron chi connectivity index (χ0n) is 16.2. The van der Waals surface area contributed by atoms with Crippen LogP contribution in [-0.4, -0.2) is 80.7 Å². The van der Waals surface area contributed by atoms with E-state index in [1.165, 1.54) is 0 Å². The standard InChI is InChI=1S/C19H27FN4O4/c1-19(14-6-4-3-5-7-14,15-12-21-18(26)28-15)17(25)22-24-9-8-23(10-11-27-2)16(20)13-24/h3-7,15-16H,8-13H2,1-2H3,(H,21,26)(H,22,25). The van der Waals surface area contributed by atoms with Gasteiger partial charge >= 0.3 is 6.09 Å². The van der Waals surface area contributed by atoms with Crippen LogP contribution in [-0.2, 0) is 19.7 Å². The van der Waals surface area contributed by atoms with Crippen LogP contribution < -0.4 is 10.7 Å². The number of carbonyl (C=O) groups is 2. The van der Waals surface area contributed by atoms with Gasteiger partial charge < -0.3 is 14.8 Å². The molecule has 0 bridgehead atoms. The van der Waals surface area contributed by atoms with E-state index in [1.54, 1.807) is 23.9 Å². The van der Waals surface area contributed by atoms with Crippen molar-refractivity contribution in [2.45, 2.75) is 24.7 Å². The molecule has 1 aromatic carbocycles. The van der Waals surface area contributed by atoms with Gasteiger partial charge in [0.1, 0.15) is 11.5 Å². The van der Waals surface area contributed by atoms with Gasteiger partial charge in [-0.25, -0.2) is 14.2 Å². The van der Waals surface area contributed by atoms with Crippen LogP contribution in [0.4, 0.5) is 9.18 Å². The van der Waals surface area contributed by atoms with Gasteiger partial charge in [0.15, 0.2) is 6.30 Å². The van der Waals surface area contributed by atoms with Crippen molar-refractivity contribution in [2.24, 2.45) is 0 Å². The van der Waals surface area contributed by atoms with E-state index >= 15 is 0 Å². The molecule has 2 N–H and O–H groups in total. The quantitative estimate of drug-likeness (QED) is 0.661. The molecule has 2 aliphatic heterocycles. The van der Waals surface area contributed by atoms with E-state index in [0.29, 0.717) is 26.2 Å². The van der Waals surface area contributed by atoms with Gasteiger partial charge in [-0.3, -0.25) is 15.1 Å². The number of alkyl carbamates (subject to hydrolysis) is 1. The molecule has 0 spiro atoms. The summed E-state index contributed by atoms with van der Waals surface area (Å²) in [4.78, 5) is 26.5. The molecule has 0 aliphatic carbocycles. The van der Waals surface area contributed by atoms with Crippen LogP contribution in [0, 0.1) is 0 Å². The maximum Gasteiger partial charge on any atom is 0.407 e. The van der Waals surface area contributed by atoms with E-state index < -0.39 is 23.9 Å². The largest absolute Gasteiger partial charge is 0.443 e. The molecular weight excluding hydrogens is 367 g/mol. The van der Waals surface area contributed by atoms with Crippen molar-refractivity contribution in [1.82, 2.24) is 20.7 Å². The minimum absolute atomic E-state index is 0.0586. The Morgan fingerprint density at radius 1 is 1.39 bits per heavy atom. The second-order valence-corrected chi connectivity index (χ2v) is 7.19. The first-order chi connectivity index (χ1) is 13.4. The average molecular weight is 394 g/mol. The van der Waals surface area contributed by atoms with Crippen molar-refractivity contribution in [3.8, 4) is 0 Å². The molecule has 2 amide bonds. The van der Waals surface area contributed by atoms with Crippen LogP contribution in [0.3, 0.4) is 0 Å². The number of piperazine rings is 1. The van der Waals surface area contributed by atoms with Crippen LogP contribution in [0.1, 0.15) is 12.5 Å². The predicted molar refractivity (Wildman–Crippen MR) is 100 cm³/mol. The fraction of sp³-hybridized carbons (Fsp3) is 0.579. The predicted octanol–water partition coefficient (Wildman–Crippen LogP) is 0.644. The fourth-order valence-electron chi connectivity index (χ4n) is 3.56. The van der Waals surface area contributed by atoms with Crippen LogP contribution in [0.2, 0.25) is 0 Å². The molecule has 2 saturated heterocycles. The summed E-state index contributed by atoms with van der Waals surface area (Å²) in [5.41, 5.74) is 2.45. The summed E-state index contributed by atoms with van der Waals surface area (Å²) >= 11 is 0. The smallest absolute Gasteiger partial charge is 0.407 e. The van der Waals surface area contributed by atoms with E-state index in [9.17, 15) is 14.0 Å². The van der Waals surface area contributed by atoms with E-state index in [4.69, 9.17) is 9.47 Å². The summed E-state index contributed by atoms with van der Waals surface area (Å²) in [5.74, 6) is -0.335. The summed E-state index contributed by atoms with van der Waals surface area (Å²) < 4.78 is 24.8. The summed E-state index contributed by atoms with van der Waals surface area (Å²) in [5, 5.41) is 4.19. The Labute approximate surface area is 163 Å². The number of nitrogens with zero attached hydrogens (tertiary/aromatic N) is 2. The Balaban J connectivity index is 1.71. The summed E-state index contributed by atoms with van der Waals surface area (Å²) in [7, 11) is 1.58.